The second-order valence-electron chi connectivity index (χ2n) is 9.93. The summed E-state index contributed by atoms with van der Waals surface area (Å²) in [4.78, 5) is 36.6. The standard InChI is InChI=1S/C31H32N2O9S/c1-5-40-26(34)17-41-24-7-6-8-25-27(24)19(4)29(42-25)30(35)32-22-13-9-20(10-14-22)21-11-15-23(16-12-21)33(43(38)39)28(18(2)3)31(36)37/h6-16,18,28H,5,17H2,1-4H3,(H,32,35)(H,36,37)(H,38,39)/p-1. The van der Waals surface area contributed by atoms with E-state index >= 15 is 0 Å². The van der Waals surface area contributed by atoms with Gasteiger partial charge in [0.25, 0.3) is 5.91 Å². The summed E-state index contributed by atoms with van der Waals surface area (Å²) in [6, 6.07) is 17.3. The predicted molar refractivity (Wildman–Crippen MR) is 161 cm³/mol. The fraction of sp³-hybridized carbons (Fsp3) is 0.258. The maximum atomic E-state index is 13.1. The maximum Gasteiger partial charge on any atom is 0.344 e. The van der Waals surface area contributed by atoms with Gasteiger partial charge in [-0.25, -0.2) is 9.59 Å². The number of carbonyl (C=O) groups excluding carboxylic acids is 2. The van der Waals surface area contributed by atoms with Crippen LogP contribution in [0.3, 0.4) is 0 Å². The number of rotatable bonds is 12. The van der Waals surface area contributed by atoms with E-state index in [0.717, 1.165) is 15.4 Å². The van der Waals surface area contributed by atoms with Gasteiger partial charge in [0.1, 0.15) is 17.4 Å². The van der Waals surface area contributed by atoms with Gasteiger partial charge in [-0.3, -0.25) is 13.3 Å². The lowest BCUT2D eigenvalue weighted by Crippen LogP contribution is -2.45. The second kappa shape index (κ2) is 13.5. The van der Waals surface area contributed by atoms with Crippen LogP contribution in [0.4, 0.5) is 11.4 Å². The van der Waals surface area contributed by atoms with Gasteiger partial charge in [-0.05, 0) is 67.3 Å². The molecule has 11 nitrogen and oxygen atoms in total. The molecule has 0 saturated carbocycles. The Morgan fingerprint density at radius 2 is 1.65 bits per heavy atom. The Hall–Kier alpha value is -4.68. The van der Waals surface area contributed by atoms with Crippen molar-refractivity contribution in [3.63, 3.8) is 0 Å². The zero-order chi connectivity index (χ0) is 31.3. The summed E-state index contributed by atoms with van der Waals surface area (Å²) in [7, 11) is 0. The summed E-state index contributed by atoms with van der Waals surface area (Å²) in [6.45, 7) is 6.69. The fourth-order valence-electron chi connectivity index (χ4n) is 4.67. The Kier molecular flexibility index (Phi) is 9.84. The number of aryl methyl sites for hydroxylation is 1. The number of hydrogen-bond acceptors (Lipinski definition) is 8. The van der Waals surface area contributed by atoms with Gasteiger partial charge in [0, 0.05) is 28.2 Å². The zero-order valence-corrected chi connectivity index (χ0v) is 24.8. The summed E-state index contributed by atoms with van der Waals surface area (Å²) >= 11 is -2.79. The number of esters is 1. The number of aliphatic carboxylic acids is 1. The lowest BCUT2D eigenvalue weighted by molar-refractivity contribution is -0.145. The number of carboxylic acids is 1. The highest BCUT2D eigenvalue weighted by molar-refractivity contribution is 7.80. The predicted octanol–water partition coefficient (Wildman–Crippen LogP) is 5.31. The Balaban J connectivity index is 1.49. The molecule has 1 amide bonds. The molecule has 43 heavy (non-hydrogen) atoms. The van der Waals surface area contributed by atoms with E-state index < -0.39 is 41.1 Å². The van der Waals surface area contributed by atoms with E-state index in [4.69, 9.17) is 13.9 Å². The molecule has 226 valence electrons. The summed E-state index contributed by atoms with van der Waals surface area (Å²) < 4.78 is 41.0. The number of nitrogens with zero attached hydrogens (tertiary/aromatic N) is 1. The average Bonchev–Trinajstić information content (AvgIpc) is 3.32. The topological polar surface area (TPSA) is 158 Å². The highest BCUT2D eigenvalue weighted by atomic mass is 32.2. The molecule has 0 fully saturated rings. The Bertz CT molecular complexity index is 1650. The molecule has 2 N–H and O–H groups in total. The van der Waals surface area contributed by atoms with Crippen molar-refractivity contribution in [1.82, 2.24) is 0 Å². The first kappa shape index (κ1) is 31.3. The molecule has 0 aliphatic heterocycles. The SMILES string of the molecule is CCOC(=O)COc1cccc2oc(C(=O)Nc3ccc(-c4ccc(N(C(C(=O)O)C(C)C)S(=O)[O-])cc4)cc3)c(C)c12. The van der Waals surface area contributed by atoms with Crippen molar-refractivity contribution in [2.45, 2.75) is 33.7 Å². The molecule has 1 heterocycles. The number of nitrogens with one attached hydrogen (secondary N) is 1. The third kappa shape index (κ3) is 7.04. The Morgan fingerprint density at radius 3 is 2.21 bits per heavy atom. The molecule has 0 saturated heterocycles. The number of furan rings is 1. The molecule has 3 aromatic carbocycles. The van der Waals surface area contributed by atoms with Gasteiger partial charge in [-0.2, -0.15) is 0 Å². The summed E-state index contributed by atoms with van der Waals surface area (Å²) in [5.41, 5.74) is 3.29. The molecular weight excluding hydrogens is 576 g/mol. The van der Waals surface area contributed by atoms with Crippen molar-refractivity contribution < 1.29 is 42.1 Å². The molecule has 2 atom stereocenters. The zero-order valence-electron chi connectivity index (χ0n) is 24.0. The summed E-state index contributed by atoms with van der Waals surface area (Å²) in [6.07, 6.45) is 0. The number of hydrogen-bond donors (Lipinski definition) is 2. The molecule has 1 aromatic heterocycles. The molecule has 0 bridgehead atoms. The third-order valence-corrected chi connectivity index (χ3v) is 7.43. The largest absolute Gasteiger partial charge is 0.755 e. The van der Waals surface area contributed by atoms with Crippen LogP contribution in [-0.2, 0) is 25.6 Å². The molecule has 2 unspecified atom stereocenters. The van der Waals surface area contributed by atoms with E-state index in [9.17, 15) is 28.3 Å². The van der Waals surface area contributed by atoms with Crippen molar-refractivity contribution >= 4 is 51.5 Å². The number of fused-ring (bicyclic) bond motifs is 1. The molecule has 4 aromatic rings. The van der Waals surface area contributed by atoms with Crippen molar-refractivity contribution in [2.24, 2.45) is 5.92 Å². The van der Waals surface area contributed by atoms with E-state index in [1.165, 1.54) is 0 Å². The van der Waals surface area contributed by atoms with Gasteiger partial charge in [-0.15, -0.1) is 0 Å². The highest BCUT2D eigenvalue weighted by Gasteiger charge is 2.30. The minimum Gasteiger partial charge on any atom is -0.755 e. The van der Waals surface area contributed by atoms with Crippen LogP contribution in [0.1, 0.15) is 36.9 Å². The van der Waals surface area contributed by atoms with Gasteiger partial charge >= 0.3 is 11.9 Å². The number of carboxylic acid groups (broad SMARTS) is 1. The quantitative estimate of drug-likeness (QED) is 0.161. The molecular formula is C31H31N2O9S-. The maximum absolute atomic E-state index is 13.1. The fourth-order valence-corrected chi connectivity index (χ4v) is 5.49. The minimum atomic E-state index is -2.79. The van der Waals surface area contributed by atoms with E-state index in [0.29, 0.717) is 28.0 Å². The Morgan fingerprint density at radius 1 is 1.02 bits per heavy atom. The molecule has 0 aliphatic rings. The van der Waals surface area contributed by atoms with Gasteiger partial charge in [0.05, 0.1) is 12.0 Å². The number of amides is 1. The molecule has 0 aliphatic carbocycles. The smallest absolute Gasteiger partial charge is 0.344 e. The van der Waals surface area contributed by atoms with Crippen LogP contribution >= 0.6 is 0 Å². The van der Waals surface area contributed by atoms with Crippen molar-refractivity contribution in [1.29, 1.82) is 0 Å². The summed E-state index contributed by atoms with van der Waals surface area (Å²) in [5.74, 6) is -2.16. The van der Waals surface area contributed by atoms with Crippen LogP contribution in [0, 0.1) is 12.8 Å². The van der Waals surface area contributed by atoms with Gasteiger partial charge in [-0.1, -0.05) is 44.2 Å². The van der Waals surface area contributed by atoms with Crippen molar-refractivity contribution in [3.8, 4) is 16.9 Å². The molecule has 12 heteroatoms. The number of benzene rings is 3. The van der Waals surface area contributed by atoms with E-state index in [1.54, 1.807) is 94.4 Å². The van der Waals surface area contributed by atoms with Crippen LogP contribution in [0.15, 0.2) is 71.1 Å². The normalized spacial score (nSPS) is 12.5. The van der Waals surface area contributed by atoms with Gasteiger partial charge in [0.15, 0.2) is 12.4 Å². The monoisotopic (exact) mass is 607 g/mol. The lowest BCUT2D eigenvalue weighted by atomic mass is 10.0. The van der Waals surface area contributed by atoms with Crippen LogP contribution < -0.4 is 14.4 Å². The number of carbonyl (C=O) groups is 3. The van der Waals surface area contributed by atoms with Crippen LogP contribution in [0.2, 0.25) is 0 Å². The first-order valence-corrected chi connectivity index (χ1v) is 14.5. The molecule has 0 spiro atoms. The van der Waals surface area contributed by atoms with Crippen LogP contribution in [0.25, 0.3) is 22.1 Å². The highest BCUT2D eigenvalue weighted by Crippen LogP contribution is 2.34. The van der Waals surface area contributed by atoms with Crippen molar-refractivity contribution in [3.05, 3.63) is 78.1 Å². The number of ether oxygens (including phenoxy) is 2. The second-order valence-corrected chi connectivity index (χ2v) is 10.8. The van der Waals surface area contributed by atoms with Crippen LogP contribution in [0.5, 0.6) is 5.75 Å². The number of anilines is 2. The third-order valence-electron chi connectivity index (χ3n) is 6.67. The first-order valence-electron chi connectivity index (χ1n) is 13.5. The minimum absolute atomic E-state index is 0.100. The van der Waals surface area contributed by atoms with Gasteiger partial charge < -0.3 is 28.9 Å². The Labute approximate surface area is 250 Å². The van der Waals surface area contributed by atoms with E-state index in [2.05, 4.69) is 5.32 Å². The van der Waals surface area contributed by atoms with E-state index in [1.807, 2.05) is 0 Å². The summed E-state index contributed by atoms with van der Waals surface area (Å²) in [5, 5.41) is 13.0. The average molecular weight is 608 g/mol. The molecule has 4 rings (SSSR count). The van der Waals surface area contributed by atoms with Crippen molar-refractivity contribution in [2.75, 3.05) is 22.8 Å². The van der Waals surface area contributed by atoms with Crippen LogP contribution in [-0.4, -0.2) is 51.0 Å². The first-order chi connectivity index (χ1) is 20.5. The molecule has 0 radical (unpaired) electrons. The van der Waals surface area contributed by atoms with E-state index in [-0.39, 0.29) is 24.7 Å². The lowest BCUT2D eigenvalue weighted by Gasteiger charge is -2.34. The van der Waals surface area contributed by atoms with Gasteiger partial charge in [0.2, 0.25) is 0 Å².